The van der Waals surface area contributed by atoms with E-state index in [9.17, 15) is 29.1 Å². The molecule has 3 aliphatic carbocycles. The number of aromatic nitrogens is 2. The Morgan fingerprint density at radius 2 is 1.70 bits per heavy atom. The number of phenols is 1. The van der Waals surface area contributed by atoms with Crippen LogP contribution in [0.2, 0.25) is 0 Å². The normalized spacial score (nSPS) is 26.6. The van der Waals surface area contributed by atoms with E-state index in [1.807, 2.05) is 12.1 Å². The van der Waals surface area contributed by atoms with Crippen LogP contribution in [-0.2, 0) is 14.4 Å². The third kappa shape index (κ3) is 5.64. The first-order chi connectivity index (χ1) is 25.4. The van der Waals surface area contributed by atoms with Gasteiger partial charge in [0.15, 0.2) is 11.6 Å². The summed E-state index contributed by atoms with van der Waals surface area (Å²) in [5, 5.41) is 23.7. The fourth-order valence-corrected chi connectivity index (χ4v) is 9.62. The molecule has 3 aromatic rings. The molecule has 1 aromatic heterocycles. The van der Waals surface area contributed by atoms with Crippen molar-refractivity contribution in [2.24, 2.45) is 16.2 Å². The second kappa shape index (κ2) is 12.0. The predicted octanol–water partition coefficient (Wildman–Crippen LogP) is 1.71. The largest absolute Gasteiger partial charge is 0.507 e. The SMILES string of the molecule is Nc1nnc(-c2ccccc2O)cc1OCC12CC(CNC(=O)CCN3CC4(C3)CN(c3ccc5c(c3)C(=O)N(C3CCC(=O)NC3=O)C5=O)C4)(C1)C2. The minimum absolute atomic E-state index is 0.0623. The molecule has 4 aliphatic heterocycles. The molecule has 2 aromatic carbocycles. The second-order valence-corrected chi connectivity index (χ2v) is 16.1. The Morgan fingerprint density at radius 1 is 0.943 bits per heavy atom. The maximum atomic E-state index is 13.2. The molecule has 2 bridgehead atoms. The molecular formula is C38H40N8O7. The lowest BCUT2D eigenvalue weighted by atomic mass is 9.35. The Hall–Kier alpha value is -5.57. The van der Waals surface area contributed by atoms with Gasteiger partial charge in [0.1, 0.15) is 17.5 Å². The summed E-state index contributed by atoms with van der Waals surface area (Å²) in [7, 11) is 0. The van der Waals surface area contributed by atoms with Gasteiger partial charge in [-0.3, -0.25) is 34.2 Å². The summed E-state index contributed by atoms with van der Waals surface area (Å²) < 4.78 is 6.10. The Kier molecular flexibility index (Phi) is 7.52. The van der Waals surface area contributed by atoms with Gasteiger partial charge >= 0.3 is 0 Å². The number of nitrogen functional groups attached to an aromatic ring is 1. The maximum Gasteiger partial charge on any atom is 0.262 e. The number of nitrogens with zero attached hydrogens (tertiary/aromatic N) is 5. The van der Waals surface area contributed by atoms with Gasteiger partial charge in [-0.05, 0) is 61.4 Å². The first kappa shape index (κ1) is 33.3. The Bertz CT molecular complexity index is 2070. The van der Waals surface area contributed by atoms with Gasteiger partial charge in [-0.2, -0.15) is 0 Å². The predicted molar refractivity (Wildman–Crippen MR) is 190 cm³/mol. The number of benzene rings is 2. The van der Waals surface area contributed by atoms with Crippen molar-refractivity contribution in [2.75, 3.05) is 56.5 Å². The monoisotopic (exact) mass is 720 g/mol. The van der Waals surface area contributed by atoms with Crippen LogP contribution in [0, 0.1) is 16.2 Å². The van der Waals surface area contributed by atoms with Crippen LogP contribution in [0.25, 0.3) is 11.3 Å². The number of rotatable bonds is 11. The molecule has 1 spiro atoms. The lowest BCUT2D eigenvalue weighted by molar-refractivity contribution is -0.215. The minimum Gasteiger partial charge on any atom is -0.507 e. The molecule has 15 nitrogen and oxygen atoms in total. The smallest absolute Gasteiger partial charge is 0.262 e. The molecule has 53 heavy (non-hydrogen) atoms. The van der Waals surface area contributed by atoms with Crippen LogP contribution in [0.4, 0.5) is 11.5 Å². The van der Waals surface area contributed by atoms with E-state index < -0.39 is 29.7 Å². The van der Waals surface area contributed by atoms with Gasteiger partial charge in [0.2, 0.25) is 17.7 Å². The average Bonchev–Trinajstić information content (AvgIpc) is 3.31. The third-order valence-electron chi connectivity index (χ3n) is 12.0. The number of nitrogens with one attached hydrogen (secondary N) is 2. The number of phenolic OH excluding ortho intramolecular Hbond substituents is 1. The summed E-state index contributed by atoms with van der Waals surface area (Å²) >= 11 is 0. The zero-order valence-corrected chi connectivity index (χ0v) is 29.1. The van der Waals surface area contributed by atoms with Crippen LogP contribution < -0.4 is 26.0 Å². The van der Waals surface area contributed by atoms with Gasteiger partial charge in [0, 0.05) is 80.3 Å². The van der Waals surface area contributed by atoms with E-state index in [0.717, 1.165) is 56.0 Å². The van der Waals surface area contributed by atoms with Crippen molar-refractivity contribution >= 4 is 41.0 Å². The third-order valence-corrected chi connectivity index (χ3v) is 12.0. The zero-order valence-electron chi connectivity index (χ0n) is 29.1. The van der Waals surface area contributed by atoms with Crippen molar-refractivity contribution in [1.29, 1.82) is 0 Å². The number of likely N-dealkylation sites (tertiary alicyclic amines) is 1. The zero-order chi connectivity index (χ0) is 36.7. The fourth-order valence-electron chi connectivity index (χ4n) is 9.62. The number of imide groups is 2. The van der Waals surface area contributed by atoms with Crippen LogP contribution in [-0.4, -0.2) is 107 Å². The van der Waals surface area contributed by atoms with E-state index in [0.29, 0.717) is 43.1 Å². The number of carbonyl (C=O) groups excluding carboxylic acids is 5. The standard InChI is InChI=1S/C38H40N8O7/c39-32-29(12-26(42-43-32)24-3-1-2-4-28(24)47)53-21-37-13-36(14-37,15-37)16-40-30(48)9-10-44-17-38(18-44)19-45(20-38)22-5-6-23-25(11-22)35(52)46(34(23)51)27-7-8-31(49)41-33(27)50/h1-6,11-12,27,47H,7-10,13-21H2,(H2,39,43)(H,40,48)(H,41,49,50). The van der Waals surface area contributed by atoms with E-state index >= 15 is 0 Å². The molecule has 7 aliphatic rings. The summed E-state index contributed by atoms with van der Waals surface area (Å²) in [6.07, 6.45) is 3.62. The number of fused-ring (bicyclic) bond motifs is 1. The van der Waals surface area contributed by atoms with Crippen LogP contribution in [0.5, 0.6) is 11.5 Å². The summed E-state index contributed by atoms with van der Waals surface area (Å²) in [5.74, 6) is -1.20. The van der Waals surface area contributed by atoms with E-state index in [-0.39, 0.29) is 57.7 Å². The number of hydrogen-bond acceptors (Lipinski definition) is 12. The molecule has 15 heteroatoms. The van der Waals surface area contributed by atoms with Crippen molar-refractivity contribution < 1.29 is 33.8 Å². The van der Waals surface area contributed by atoms with Crippen molar-refractivity contribution in [3.8, 4) is 22.8 Å². The fraction of sp³-hybridized carbons (Fsp3) is 0.447. The lowest BCUT2D eigenvalue weighted by Gasteiger charge is -2.70. The number of ether oxygens (including phenoxy) is 1. The highest BCUT2D eigenvalue weighted by Crippen LogP contribution is 2.73. The number of piperidine rings is 1. The number of para-hydroxylation sites is 1. The highest BCUT2D eigenvalue weighted by atomic mass is 16.5. The number of anilines is 2. The number of carbonyl (C=O) groups is 5. The summed E-state index contributed by atoms with van der Waals surface area (Å²) in [6, 6.07) is 12.9. The van der Waals surface area contributed by atoms with Gasteiger partial charge in [0.25, 0.3) is 11.8 Å². The average molecular weight is 721 g/mol. The molecule has 5 N–H and O–H groups in total. The van der Waals surface area contributed by atoms with Crippen LogP contribution in [0.15, 0.2) is 48.5 Å². The minimum atomic E-state index is -0.981. The van der Waals surface area contributed by atoms with E-state index in [4.69, 9.17) is 10.5 Å². The number of aromatic hydroxyl groups is 1. The van der Waals surface area contributed by atoms with Gasteiger partial charge in [-0.25, -0.2) is 0 Å². The molecule has 3 saturated heterocycles. The molecule has 1 unspecified atom stereocenters. The summed E-state index contributed by atoms with van der Waals surface area (Å²) in [4.78, 5) is 68.4. The molecule has 6 fully saturated rings. The van der Waals surface area contributed by atoms with E-state index in [1.54, 1.807) is 36.4 Å². The van der Waals surface area contributed by atoms with Crippen molar-refractivity contribution in [3.05, 3.63) is 59.7 Å². The molecule has 3 saturated carbocycles. The Labute approximate surface area is 304 Å². The van der Waals surface area contributed by atoms with Gasteiger partial charge in [-0.1, -0.05) is 12.1 Å². The maximum absolute atomic E-state index is 13.2. The van der Waals surface area contributed by atoms with Crippen molar-refractivity contribution in [2.45, 2.75) is 44.6 Å². The van der Waals surface area contributed by atoms with Gasteiger partial charge < -0.3 is 30.7 Å². The summed E-state index contributed by atoms with van der Waals surface area (Å²) in [5.41, 5.74) is 8.88. The quantitative estimate of drug-likeness (QED) is 0.210. The molecule has 5 heterocycles. The Morgan fingerprint density at radius 3 is 2.45 bits per heavy atom. The second-order valence-electron chi connectivity index (χ2n) is 16.1. The van der Waals surface area contributed by atoms with Crippen LogP contribution in [0.3, 0.4) is 0 Å². The molecule has 10 rings (SSSR count). The number of hydrogen-bond donors (Lipinski definition) is 4. The van der Waals surface area contributed by atoms with Crippen molar-refractivity contribution in [3.63, 3.8) is 0 Å². The van der Waals surface area contributed by atoms with E-state index in [2.05, 4.69) is 30.6 Å². The first-order valence-corrected chi connectivity index (χ1v) is 18.1. The Balaban J connectivity index is 0.689. The highest BCUT2D eigenvalue weighted by Gasteiger charge is 2.67. The molecule has 274 valence electrons. The molecule has 0 radical (unpaired) electrons. The molecule has 1 atom stereocenters. The lowest BCUT2D eigenvalue weighted by Crippen LogP contribution is -2.72. The summed E-state index contributed by atoms with van der Waals surface area (Å²) in [6.45, 7) is 5.34. The topological polar surface area (TPSA) is 200 Å². The number of amides is 5. The van der Waals surface area contributed by atoms with Gasteiger partial charge in [0.05, 0.1) is 17.7 Å². The molecule has 5 amide bonds. The van der Waals surface area contributed by atoms with Crippen molar-refractivity contribution in [1.82, 2.24) is 30.6 Å². The first-order valence-electron chi connectivity index (χ1n) is 18.1. The van der Waals surface area contributed by atoms with Gasteiger partial charge in [-0.15, -0.1) is 10.2 Å². The molecular weight excluding hydrogens is 680 g/mol. The van der Waals surface area contributed by atoms with E-state index in [1.165, 1.54) is 0 Å². The highest BCUT2D eigenvalue weighted by molar-refractivity contribution is 6.23. The van der Waals surface area contributed by atoms with Crippen LogP contribution in [0.1, 0.15) is 59.2 Å². The van der Waals surface area contributed by atoms with Crippen LogP contribution >= 0.6 is 0 Å². The number of nitrogens with two attached hydrogens (primary N) is 1.